The summed E-state index contributed by atoms with van der Waals surface area (Å²) in [7, 11) is 3.38. The van der Waals surface area contributed by atoms with Crippen LogP contribution in [0.4, 0.5) is 0 Å². The van der Waals surface area contributed by atoms with Gasteiger partial charge in [0.2, 0.25) is 0 Å². The molecule has 0 aromatic heterocycles. The summed E-state index contributed by atoms with van der Waals surface area (Å²) in [5.74, 6) is -3.92. The van der Waals surface area contributed by atoms with E-state index in [1.807, 2.05) is 0 Å². The number of ether oxygens (including phenoxy) is 3. The monoisotopic (exact) mass is 230 g/mol. The van der Waals surface area contributed by atoms with Crippen LogP contribution in [0.25, 0.3) is 0 Å². The molecule has 0 radical (unpaired) electrons. The minimum absolute atomic E-state index is 0.110. The van der Waals surface area contributed by atoms with Gasteiger partial charge in [0.15, 0.2) is 5.92 Å². The predicted molar refractivity (Wildman–Crippen MR) is 53.3 cm³/mol. The highest BCUT2D eigenvalue weighted by molar-refractivity contribution is 6.07. The Labute approximate surface area is 93.2 Å². The first-order valence-electron chi connectivity index (χ1n) is 4.43. The average Bonchev–Trinajstić information content (AvgIpc) is 2.32. The number of methoxy groups -OCH3 is 3. The molecule has 0 fully saturated rings. The highest BCUT2D eigenvalue weighted by Crippen LogP contribution is 2.16. The summed E-state index contributed by atoms with van der Waals surface area (Å²) in [4.78, 5) is 34.0. The summed E-state index contributed by atoms with van der Waals surface area (Å²) in [6.45, 7) is 1.51. The van der Waals surface area contributed by atoms with Gasteiger partial charge in [0.25, 0.3) is 0 Å². The molecule has 0 heterocycles. The van der Waals surface area contributed by atoms with Crippen LogP contribution in [0.15, 0.2) is 11.6 Å². The van der Waals surface area contributed by atoms with Crippen molar-refractivity contribution in [1.29, 1.82) is 0 Å². The van der Waals surface area contributed by atoms with Crippen molar-refractivity contribution in [2.75, 3.05) is 21.3 Å². The van der Waals surface area contributed by atoms with E-state index >= 15 is 0 Å². The zero-order valence-electron chi connectivity index (χ0n) is 9.60. The molecule has 0 saturated carbocycles. The molecule has 90 valence electrons. The molecule has 0 aromatic rings. The van der Waals surface area contributed by atoms with Crippen LogP contribution in [0.1, 0.15) is 6.92 Å². The van der Waals surface area contributed by atoms with Crippen molar-refractivity contribution in [1.82, 2.24) is 0 Å². The van der Waals surface area contributed by atoms with Crippen LogP contribution in [-0.4, -0.2) is 39.2 Å². The first kappa shape index (κ1) is 14.2. The fourth-order valence-corrected chi connectivity index (χ4v) is 1.11. The molecule has 0 bridgehead atoms. The zero-order valence-corrected chi connectivity index (χ0v) is 9.60. The van der Waals surface area contributed by atoms with Gasteiger partial charge in [-0.05, 0) is 6.92 Å². The average molecular weight is 230 g/mol. The van der Waals surface area contributed by atoms with Gasteiger partial charge in [-0.1, -0.05) is 6.08 Å². The van der Waals surface area contributed by atoms with Crippen molar-refractivity contribution in [3.8, 4) is 0 Å². The van der Waals surface area contributed by atoms with Gasteiger partial charge in [0.05, 0.1) is 26.9 Å². The van der Waals surface area contributed by atoms with Crippen molar-refractivity contribution in [2.45, 2.75) is 6.92 Å². The Morgan fingerprint density at radius 3 is 1.62 bits per heavy atom. The van der Waals surface area contributed by atoms with Crippen LogP contribution in [-0.2, 0) is 28.6 Å². The van der Waals surface area contributed by atoms with E-state index in [4.69, 9.17) is 0 Å². The third-order valence-corrected chi connectivity index (χ3v) is 1.92. The molecule has 0 unspecified atom stereocenters. The van der Waals surface area contributed by atoms with E-state index in [-0.39, 0.29) is 5.57 Å². The third kappa shape index (κ3) is 3.08. The van der Waals surface area contributed by atoms with Crippen LogP contribution in [0, 0.1) is 5.92 Å². The molecule has 0 aromatic carbocycles. The van der Waals surface area contributed by atoms with E-state index in [2.05, 4.69) is 14.2 Å². The van der Waals surface area contributed by atoms with Crippen LogP contribution >= 0.6 is 0 Å². The van der Waals surface area contributed by atoms with Gasteiger partial charge in [0, 0.05) is 0 Å². The summed E-state index contributed by atoms with van der Waals surface area (Å²) in [6, 6.07) is 0. The maximum Gasteiger partial charge on any atom is 0.334 e. The smallest absolute Gasteiger partial charge is 0.334 e. The molecule has 0 N–H and O–H groups in total. The van der Waals surface area contributed by atoms with Gasteiger partial charge in [-0.25, -0.2) is 4.79 Å². The molecular formula is C10H14O6. The number of rotatable bonds is 4. The van der Waals surface area contributed by atoms with Crippen molar-refractivity contribution < 1.29 is 28.6 Å². The topological polar surface area (TPSA) is 78.9 Å². The largest absolute Gasteiger partial charge is 0.468 e. The number of hydrogen-bond donors (Lipinski definition) is 0. The van der Waals surface area contributed by atoms with E-state index in [9.17, 15) is 14.4 Å². The van der Waals surface area contributed by atoms with Gasteiger partial charge in [0.1, 0.15) is 0 Å². The standard InChI is InChI=1S/C10H14O6/c1-5-6(8(11)14-2)7(9(12)15-3)10(13)16-4/h5,7H,1-4H3/b6-5-. The fourth-order valence-electron chi connectivity index (χ4n) is 1.11. The minimum Gasteiger partial charge on any atom is -0.468 e. The lowest BCUT2D eigenvalue weighted by molar-refractivity contribution is -0.159. The minimum atomic E-state index is -1.41. The SMILES string of the molecule is C/C=C(\C(=O)OC)C(C(=O)OC)C(=O)OC. The van der Waals surface area contributed by atoms with Gasteiger partial charge in [-0.2, -0.15) is 0 Å². The van der Waals surface area contributed by atoms with Gasteiger partial charge in [-0.3, -0.25) is 9.59 Å². The second kappa shape index (κ2) is 6.60. The molecule has 0 rings (SSSR count). The summed E-state index contributed by atoms with van der Waals surface area (Å²) in [6.07, 6.45) is 1.31. The molecule has 0 aliphatic carbocycles. The summed E-state index contributed by atoms with van der Waals surface area (Å²) < 4.78 is 13.3. The molecule has 6 nitrogen and oxygen atoms in total. The number of hydrogen-bond acceptors (Lipinski definition) is 6. The lowest BCUT2D eigenvalue weighted by Gasteiger charge is -2.13. The number of esters is 3. The molecule has 6 heteroatoms. The molecule has 0 amide bonds. The molecule has 0 aliphatic rings. The van der Waals surface area contributed by atoms with E-state index < -0.39 is 23.8 Å². The Morgan fingerprint density at radius 1 is 0.938 bits per heavy atom. The van der Waals surface area contributed by atoms with Gasteiger partial charge >= 0.3 is 17.9 Å². The molecular weight excluding hydrogens is 216 g/mol. The zero-order chi connectivity index (χ0) is 12.7. The van der Waals surface area contributed by atoms with Crippen LogP contribution in [0.5, 0.6) is 0 Å². The third-order valence-electron chi connectivity index (χ3n) is 1.92. The quantitative estimate of drug-likeness (QED) is 0.294. The summed E-state index contributed by atoms with van der Waals surface area (Å²) >= 11 is 0. The van der Waals surface area contributed by atoms with E-state index in [1.54, 1.807) is 0 Å². The number of allylic oxidation sites excluding steroid dienone is 1. The fraction of sp³-hybridized carbons (Fsp3) is 0.500. The van der Waals surface area contributed by atoms with Crippen LogP contribution in [0.2, 0.25) is 0 Å². The second-order valence-corrected chi connectivity index (χ2v) is 2.71. The lowest BCUT2D eigenvalue weighted by atomic mass is 9.99. The maximum absolute atomic E-state index is 11.4. The van der Waals surface area contributed by atoms with E-state index in [1.165, 1.54) is 13.0 Å². The van der Waals surface area contributed by atoms with Crippen LogP contribution < -0.4 is 0 Å². The van der Waals surface area contributed by atoms with Crippen molar-refractivity contribution >= 4 is 17.9 Å². The lowest BCUT2D eigenvalue weighted by Crippen LogP contribution is -2.31. The Morgan fingerprint density at radius 2 is 1.38 bits per heavy atom. The Kier molecular flexibility index (Phi) is 5.84. The first-order valence-corrected chi connectivity index (χ1v) is 4.43. The normalized spacial score (nSPS) is 10.9. The molecule has 16 heavy (non-hydrogen) atoms. The van der Waals surface area contributed by atoms with Gasteiger partial charge in [-0.15, -0.1) is 0 Å². The molecule has 0 aliphatic heterocycles. The summed E-state index contributed by atoms with van der Waals surface area (Å²) in [5, 5.41) is 0. The van der Waals surface area contributed by atoms with Crippen LogP contribution in [0.3, 0.4) is 0 Å². The highest BCUT2D eigenvalue weighted by Gasteiger charge is 2.36. The first-order chi connectivity index (χ1) is 7.53. The predicted octanol–water partition coefficient (Wildman–Crippen LogP) is 0.0679. The maximum atomic E-state index is 11.4. The highest BCUT2D eigenvalue weighted by atomic mass is 16.5. The van der Waals surface area contributed by atoms with Crippen molar-refractivity contribution in [2.24, 2.45) is 5.92 Å². The van der Waals surface area contributed by atoms with Crippen molar-refractivity contribution in [3.63, 3.8) is 0 Å². The Balaban J connectivity index is 5.24. The van der Waals surface area contributed by atoms with E-state index in [0.29, 0.717) is 0 Å². The Hall–Kier alpha value is -1.85. The molecule has 0 atom stereocenters. The van der Waals surface area contributed by atoms with Crippen molar-refractivity contribution in [3.05, 3.63) is 11.6 Å². The molecule has 0 saturated heterocycles. The number of carbonyl (C=O) groups is 3. The summed E-state index contributed by atoms with van der Waals surface area (Å²) in [5.41, 5.74) is -0.110. The Bertz CT molecular complexity index is 301. The second-order valence-electron chi connectivity index (χ2n) is 2.71. The molecule has 0 spiro atoms. The number of carbonyl (C=O) groups excluding carboxylic acids is 3. The van der Waals surface area contributed by atoms with E-state index in [0.717, 1.165) is 21.3 Å². The van der Waals surface area contributed by atoms with Gasteiger partial charge < -0.3 is 14.2 Å².